The molecule has 1 spiro atoms. The molecule has 4 atom stereocenters. The van der Waals surface area contributed by atoms with E-state index in [9.17, 15) is 14.7 Å². The molecule has 1 aromatic rings. The SMILES string of the molecule is C=CCN1CCC23c4c5ccc(OC(=O)CCCCCCCC)c4O[C@H]2C(=O)CC[C@@]3(O)C1C5. The van der Waals surface area contributed by atoms with E-state index < -0.39 is 17.1 Å². The second kappa shape index (κ2) is 9.12. The number of benzene rings is 1. The highest BCUT2D eigenvalue weighted by molar-refractivity contribution is 5.90. The van der Waals surface area contributed by atoms with Gasteiger partial charge in [0.05, 0.1) is 11.0 Å². The third-order valence-electron chi connectivity index (χ3n) is 8.68. The van der Waals surface area contributed by atoms with Crippen LogP contribution in [0.2, 0.25) is 0 Å². The molecule has 2 aliphatic carbocycles. The maximum absolute atomic E-state index is 13.1. The molecule has 0 aromatic heterocycles. The lowest BCUT2D eigenvalue weighted by molar-refractivity contribution is -0.187. The molecule has 2 aliphatic heterocycles. The van der Waals surface area contributed by atoms with Crippen LogP contribution in [-0.2, 0) is 21.4 Å². The molecule has 0 amide bonds. The standard InChI is InChI=1S/C28H37NO5/c1-3-5-6-7-8-9-10-23(31)33-21-12-11-19-18-22-28(32)14-13-20(30)26-27(28,24(19)25(21)34-26)15-17-29(22)16-4-2/h4,11-12,22,26,32H,2-3,5-10,13-18H2,1H3/t22?,26-,27?,28+/m0/s1. The predicted molar refractivity (Wildman–Crippen MR) is 129 cm³/mol. The fourth-order valence-corrected chi connectivity index (χ4v) is 7.09. The molecular formula is C28H37NO5. The predicted octanol–water partition coefficient (Wildman–Crippen LogP) is 4.25. The number of piperidine rings is 1. The van der Waals surface area contributed by atoms with Crippen LogP contribution in [0.5, 0.6) is 11.5 Å². The van der Waals surface area contributed by atoms with Crippen molar-refractivity contribution < 1.29 is 24.2 Å². The number of ether oxygens (including phenoxy) is 2. The highest BCUT2D eigenvalue weighted by Crippen LogP contribution is 2.64. The van der Waals surface area contributed by atoms with Gasteiger partial charge in [0.25, 0.3) is 0 Å². The molecule has 2 unspecified atom stereocenters. The summed E-state index contributed by atoms with van der Waals surface area (Å²) >= 11 is 0. The minimum Gasteiger partial charge on any atom is -0.477 e. The molecule has 6 heteroatoms. The van der Waals surface area contributed by atoms with Crippen molar-refractivity contribution in [3.8, 4) is 11.5 Å². The van der Waals surface area contributed by atoms with Gasteiger partial charge in [-0.15, -0.1) is 6.58 Å². The van der Waals surface area contributed by atoms with Gasteiger partial charge in [0.2, 0.25) is 0 Å². The van der Waals surface area contributed by atoms with Gasteiger partial charge in [0.15, 0.2) is 23.4 Å². The largest absolute Gasteiger partial charge is 0.477 e. The summed E-state index contributed by atoms with van der Waals surface area (Å²) < 4.78 is 12.1. The average molecular weight is 468 g/mol. The van der Waals surface area contributed by atoms with Crippen molar-refractivity contribution in [2.75, 3.05) is 13.1 Å². The Bertz CT molecular complexity index is 989. The van der Waals surface area contributed by atoms with Gasteiger partial charge in [0.1, 0.15) is 0 Å². The molecule has 1 N–H and O–H groups in total. The first-order valence-electron chi connectivity index (χ1n) is 13.1. The molecule has 4 aliphatic rings. The summed E-state index contributed by atoms with van der Waals surface area (Å²) in [6.07, 6.45) is 10.2. The zero-order valence-corrected chi connectivity index (χ0v) is 20.3. The Hall–Kier alpha value is -2.18. The smallest absolute Gasteiger partial charge is 0.311 e. The zero-order chi connectivity index (χ0) is 23.9. The zero-order valence-electron chi connectivity index (χ0n) is 20.3. The van der Waals surface area contributed by atoms with Crippen LogP contribution < -0.4 is 9.47 Å². The highest BCUT2D eigenvalue weighted by atomic mass is 16.6. The van der Waals surface area contributed by atoms with Crippen molar-refractivity contribution in [1.82, 2.24) is 4.90 Å². The molecule has 184 valence electrons. The number of aliphatic hydroxyl groups is 1. The first kappa shape index (κ1) is 23.6. The average Bonchev–Trinajstić information content (AvgIpc) is 3.18. The van der Waals surface area contributed by atoms with E-state index in [1.54, 1.807) is 0 Å². The normalized spacial score (nSPS) is 31.1. The first-order valence-corrected chi connectivity index (χ1v) is 13.1. The minimum atomic E-state index is -1.05. The monoisotopic (exact) mass is 467 g/mol. The van der Waals surface area contributed by atoms with Crippen LogP contribution in [-0.4, -0.2) is 52.6 Å². The van der Waals surface area contributed by atoms with Gasteiger partial charge in [-0.25, -0.2) is 0 Å². The van der Waals surface area contributed by atoms with Crippen molar-refractivity contribution in [2.24, 2.45) is 0 Å². The first-order chi connectivity index (χ1) is 16.5. The molecule has 34 heavy (non-hydrogen) atoms. The maximum atomic E-state index is 13.1. The van der Waals surface area contributed by atoms with Crippen LogP contribution in [0.1, 0.15) is 82.3 Å². The van der Waals surface area contributed by atoms with Gasteiger partial charge in [-0.1, -0.05) is 51.2 Å². The molecule has 6 nitrogen and oxygen atoms in total. The number of carbonyl (C=O) groups is 2. The summed E-state index contributed by atoms with van der Waals surface area (Å²) in [6, 6.07) is 3.73. The van der Waals surface area contributed by atoms with Gasteiger partial charge in [-0.3, -0.25) is 14.5 Å². The number of likely N-dealkylation sites (tertiary alicyclic amines) is 1. The molecule has 0 radical (unpaired) electrons. The van der Waals surface area contributed by atoms with Crippen molar-refractivity contribution in [3.63, 3.8) is 0 Å². The van der Waals surface area contributed by atoms with Crippen molar-refractivity contribution >= 4 is 11.8 Å². The highest BCUT2D eigenvalue weighted by Gasteiger charge is 2.73. The van der Waals surface area contributed by atoms with Crippen LogP contribution in [0, 0.1) is 0 Å². The molecule has 1 saturated carbocycles. The van der Waals surface area contributed by atoms with Gasteiger partial charge >= 0.3 is 5.97 Å². The van der Waals surface area contributed by atoms with Crippen molar-refractivity contribution in [1.29, 1.82) is 0 Å². The molecule has 2 bridgehead atoms. The fourth-order valence-electron chi connectivity index (χ4n) is 7.09. The minimum absolute atomic E-state index is 0.0361. The van der Waals surface area contributed by atoms with Gasteiger partial charge in [-0.2, -0.15) is 0 Å². The van der Waals surface area contributed by atoms with E-state index in [-0.39, 0.29) is 17.8 Å². The number of rotatable bonds is 10. The number of Topliss-reactive ketones (excluding diaryl/α,β-unsaturated/α-hetero) is 1. The number of nitrogens with zero attached hydrogens (tertiary/aromatic N) is 1. The fraction of sp³-hybridized carbons (Fsp3) is 0.643. The second-order valence-electron chi connectivity index (χ2n) is 10.5. The Morgan fingerprint density at radius 1 is 1.26 bits per heavy atom. The Morgan fingerprint density at radius 3 is 2.85 bits per heavy atom. The second-order valence-corrected chi connectivity index (χ2v) is 10.5. The summed E-state index contributed by atoms with van der Waals surface area (Å²) in [6.45, 7) is 7.57. The van der Waals surface area contributed by atoms with Crippen LogP contribution in [0.15, 0.2) is 24.8 Å². The third kappa shape index (κ3) is 3.44. The Morgan fingerprint density at radius 2 is 2.06 bits per heavy atom. The van der Waals surface area contributed by atoms with E-state index in [1.807, 2.05) is 18.2 Å². The number of hydrogen-bond acceptors (Lipinski definition) is 6. The van der Waals surface area contributed by atoms with E-state index in [0.717, 1.165) is 36.9 Å². The van der Waals surface area contributed by atoms with E-state index >= 15 is 0 Å². The van der Waals surface area contributed by atoms with Crippen molar-refractivity contribution in [2.45, 2.75) is 101 Å². The van der Waals surface area contributed by atoms with Gasteiger partial charge in [-0.05, 0) is 37.3 Å². The summed E-state index contributed by atoms with van der Waals surface area (Å²) in [5.41, 5.74) is 0.181. The number of ketones is 1. The Labute approximate surface area is 202 Å². The van der Waals surface area contributed by atoms with Crippen LogP contribution >= 0.6 is 0 Å². The van der Waals surface area contributed by atoms with Crippen LogP contribution in [0.4, 0.5) is 0 Å². The lowest BCUT2D eigenvalue weighted by Crippen LogP contribution is -2.76. The molecule has 1 aromatic carbocycles. The van der Waals surface area contributed by atoms with E-state index in [0.29, 0.717) is 50.1 Å². The number of esters is 1. The summed E-state index contributed by atoms with van der Waals surface area (Å²) in [4.78, 5) is 28.0. The summed E-state index contributed by atoms with van der Waals surface area (Å²) in [7, 11) is 0. The summed E-state index contributed by atoms with van der Waals surface area (Å²) in [5, 5.41) is 12.2. The number of hydrogen-bond donors (Lipinski definition) is 1. The molecule has 2 fully saturated rings. The van der Waals surface area contributed by atoms with E-state index in [2.05, 4.69) is 18.4 Å². The molecular weight excluding hydrogens is 430 g/mol. The quantitative estimate of drug-likeness (QED) is 0.240. The lowest BCUT2D eigenvalue weighted by Gasteiger charge is -2.62. The van der Waals surface area contributed by atoms with Crippen LogP contribution in [0.25, 0.3) is 0 Å². The van der Waals surface area contributed by atoms with Crippen LogP contribution in [0.3, 0.4) is 0 Å². The molecule has 5 rings (SSSR count). The van der Waals surface area contributed by atoms with Gasteiger partial charge in [0, 0.05) is 37.5 Å². The Balaban J connectivity index is 1.42. The lowest BCUT2D eigenvalue weighted by atomic mass is 9.49. The van der Waals surface area contributed by atoms with E-state index in [4.69, 9.17) is 9.47 Å². The third-order valence-corrected chi connectivity index (χ3v) is 8.68. The topological polar surface area (TPSA) is 76.1 Å². The summed E-state index contributed by atoms with van der Waals surface area (Å²) in [5.74, 6) is 0.663. The van der Waals surface area contributed by atoms with E-state index in [1.165, 1.54) is 19.3 Å². The molecule has 1 saturated heterocycles. The van der Waals surface area contributed by atoms with Gasteiger partial charge < -0.3 is 14.6 Å². The Kier molecular flexibility index (Phi) is 6.32. The molecule has 2 heterocycles. The number of unbranched alkanes of at least 4 members (excludes halogenated alkanes) is 5. The van der Waals surface area contributed by atoms with Crippen molar-refractivity contribution in [3.05, 3.63) is 35.9 Å². The number of carbonyl (C=O) groups excluding carboxylic acids is 2. The maximum Gasteiger partial charge on any atom is 0.311 e.